The van der Waals surface area contributed by atoms with E-state index in [0.717, 1.165) is 16.1 Å². The average Bonchev–Trinajstić information content (AvgIpc) is 2.28. The van der Waals surface area contributed by atoms with Crippen molar-refractivity contribution in [3.05, 3.63) is 21.4 Å². The first-order valence-corrected chi connectivity index (χ1v) is 5.33. The van der Waals surface area contributed by atoms with Crippen molar-refractivity contribution in [3.8, 4) is 0 Å². The molecule has 1 aliphatic heterocycles. The molecular formula is C9H11IN2. The van der Waals surface area contributed by atoms with E-state index in [1.165, 1.54) is 24.8 Å². The van der Waals surface area contributed by atoms with E-state index >= 15 is 0 Å². The minimum atomic E-state index is 1.07. The zero-order chi connectivity index (χ0) is 8.39. The van der Waals surface area contributed by atoms with Gasteiger partial charge in [-0.2, -0.15) is 0 Å². The van der Waals surface area contributed by atoms with Gasteiger partial charge in [0, 0.05) is 6.54 Å². The highest BCUT2D eigenvalue weighted by atomic mass is 127. The zero-order valence-corrected chi connectivity index (χ0v) is 8.97. The molecule has 0 atom stereocenters. The fourth-order valence-corrected chi connectivity index (χ4v) is 1.89. The van der Waals surface area contributed by atoms with Crippen molar-refractivity contribution in [2.24, 2.45) is 0 Å². The van der Waals surface area contributed by atoms with Crippen LogP contribution in [0.25, 0.3) is 0 Å². The van der Waals surface area contributed by atoms with Crippen molar-refractivity contribution in [3.63, 3.8) is 0 Å². The van der Waals surface area contributed by atoms with E-state index in [1.54, 1.807) is 0 Å². The Labute approximate surface area is 85.9 Å². The first kappa shape index (κ1) is 8.29. The van der Waals surface area contributed by atoms with E-state index < -0.39 is 0 Å². The van der Waals surface area contributed by atoms with Gasteiger partial charge in [0.25, 0.3) is 0 Å². The van der Waals surface area contributed by atoms with Crippen LogP contribution in [0.1, 0.15) is 18.4 Å². The standard InChI is InChI=1S/C9H11IN2/c10-8-5-4-7-3-1-2-6-11-9(7)12-8/h4-5H,1-3,6H2,(H,11,12). The largest absolute Gasteiger partial charge is 0.370 e. The molecule has 2 rings (SSSR count). The molecule has 64 valence electrons. The number of pyridine rings is 1. The Balaban J connectivity index is 2.36. The fourth-order valence-electron chi connectivity index (χ4n) is 1.47. The monoisotopic (exact) mass is 274 g/mol. The molecule has 0 spiro atoms. The Morgan fingerprint density at radius 3 is 3.17 bits per heavy atom. The highest BCUT2D eigenvalue weighted by molar-refractivity contribution is 14.1. The molecule has 0 unspecified atom stereocenters. The Morgan fingerprint density at radius 1 is 1.33 bits per heavy atom. The van der Waals surface area contributed by atoms with Crippen LogP contribution in [0.15, 0.2) is 12.1 Å². The zero-order valence-electron chi connectivity index (χ0n) is 6.81. The van der Waals surface area contributed by atoms with Crippen molar-refractivity contribution in [2.75, 3.05) is 11.9 Å². The maximum atomic E-state index is 4.45. The lowest BCUT2D eigenvalue weighted by Gasteiger charge is -2.05. The van der Waals surface area contributed by atoms with Gasteiger partial charge in [-0.15, -0.1) is 0 Å². The normalized spacial score (nSPS) is 16.1. The summed E-state index contributed by atoms with van der Waals surface area (Å²) in [6.07, 6.45) is 3.71. The number of hydrogen-bond acceptors (Lipinski definition) is 2. The predicted molar refractivity (Wildman–Crippen MR) is 58.4 cm³/mol. The third-order valence-corrected chi connectivity index (χ3v) is 2.71. The van der Waals surface area contributed by atoms with E-state index in [1.807, 2.05) is 0 Å². The molecular weight excluding hydrogens is 263 g/mol. The highest BCUT2D eigenvalue weighted by Crippen LogP contribution is 2.19. The Kier molecular flexibility index (Phi) is 2.48. The SMILES string of the molecule is Ic1ccc2c(n1)NCCCC2. The second kappa shape index (κ2) is 3.60. The van der Waals surface area contributed by atoms with Gasteiger partial charge in [-0.25, -0.2) is 4.98 Å². The van der Waals surface area contributed by atoms with Crippen molar-refractivity contribution >= 4 is 28.4 Å². The molecule has 0 aromatic carbocycles. The molecule has 0 amide bonds. The maximum Gasteiger partial charge on any atom is 0.130 e. The molecule has 2 nitrogen and oxygen atoms in total. The van der Waals surface area contributed by atoms with Crippen LogP contribution in [0.4, 0.5) is 5.82 Å². The number of aromatic nitrogens is 1. The Morgan fingerprint density at radius 2 is 2.25 bits per heavy atom. The Hall–Kier alpha value is -0.320. The van der Waals surface area contributed by atoms with Crippen LogP contribution in [0.2, 0.25) is 0 Å². The van der Waals surface area contributed by atoms with Gasteiger partial charge in [-0.3, -0.25) is 0 Å². The molecule has 0 radical (unpaired) electrons. The van der Waals surface area contributed by atoms with Gasteiger partial charge in [0.05, 0.1) is 0 Å². The third-order valence-electron chi connectivity index (χ3n) is 2.11. The number of aryl methyl sites for hydroxylation is 1. The van der Waals surface area contributed by atoms with Gasteiger partial charge < -0.3 is 5.32 Å². The first-order valence-electron chi connectivity index (χ1n) is 4.25. The number of rotatable bonds is 0. The van der Waals surface area contributed by atoms with Crippen LogP contribution in [-0.2, 0) is 6.42 Å². The van der Waals surface area contributed by atoms with E-state index in [-0.39, 0.29) is 0 Å². The lowest BCUT2D eigenvalue weighted by atomic mass is 10.1. The number of fused-ring (bicyclic) bond motifs is 1. The maximum absolute atomic E-state index is 4.45. The van der Waals surface area contributed by atoms with E-state index in [4.69, 9.17) is 0 Å². The topological polar surface area (TPSA) is 24.9 Å². The van der Waals surface area contributed by atoms with Crippen molar-refractivity contribution in [1.29, 1.82) is 0 Å². The van der Waals surface area contributed by atoms with Gasteiger partial charge >= 0.3 is 0 Å². The molecule has 1 N–H and O–H groups in total. The van der Waals surface area contributed by atoms with Crippen molar-refractivity contribution in [2.45, 2.75) is 19.3 Å². The number of nitrogens with zero attached hydrogens (tertiary/aromatic N) is 1. The number of halogens is 1. The van der Waals surface area contributed by atoms with Gasteiger partial charge in [-0.05, 0) is 53.5 Å². The smallest absolute Gasteiger partial charge is 0.130 e. The van der Waals surface area contributed by atoms with Crippen LogP contribution in [0, 0.1) is 3.70 Å². The lowest BCUT2D eigenvalue weighted by molar-refractivity contribution is 0.785. The predicted octanol–water partition coefficient (Wildman–Crippen LogP) is 2.43. The van der Waals surface area contributed by atoms with Crippen molar-refractivity contribution in [1.82, 2.24) is 4.98 Å². The molecule has 1 aliphatic rings. The molecule has 0 fully saturated rings. The summed E-state index contributed by atoms with van der Waals surface area (Å²) in [4.78, 5) is 4.45. The summed E-state index contributed by atoms with van der Waals surface area (Å²) in [6, 6.07) is 4.26. The van der Waals surface area contributed by atoms with Crippen LogP contribution < -0.4 is 5.32 Å². The first-order chi connectivity index (χ1) is 5.86. The quantitative estimate of drug-likeness (QED) is 0.580. The van der Waals surface area contributed by atoms with Crippen molar-refractivity contribution < 1.29 is 0 Å². The summed E-state index contributed by atoms with van der Waals surface area (Å²) >= 11 is 2.25. The number of anilines is 1. The highest BCUT2D eigenvalue weighted by Gasteiger charge is 2.07. The molecule has 1 aromatic rings. The molecule has 0 bridgehead atoms. The summed E-state index contributed by atoms with van der Waals surface area (Å²) in [5.74, 6) is 1.10. The van der Waals surface area contributed by atoms with Gasteiger partial charge in [0.2, 0.25) is 0 Å². The second-order valence-electron chi connectivity index (χ2n) is 3.03. The Bertz CT molecular complexity index is 286. The summed E-state index contributed by atoms with van der Waals surface area (Å²) < 4.78 is 1.07. The third kappa shape index (κ3) is 1.71. The van der Waals surface area contributed by atoms with E-state index in [9.17, 15) is 0 Å². The fraction of sp³-hybridized carbons (Fsp3) is 0.444. The molecule has 12 heavy (non-hydrogen) atoms. The van der Waals surface area contributed by atoms with E-state index in [2.05, 4.69) is 45.0 Å². The average molecular weight is 274 g/mol. The molecule has 1 aromatic heterocycles. The summed E-state index contributed by atoms with van der Waals surface area (Å²) in [7, 11) is 0. The molecule has 0 aliphatic carbocycles. The molecule has 0 saturated heterocycles. The van der Waals surface area contributed by atoms with Crippen LogP contribution >= 0.6 is 22.6 Å². The van der Waals surface area contributed by atoms with Crippen LogP contribution in [0.5, 0.6) is 0 Å². The minimum absolute atomic E-state index is 1.07. The molecule has 3 heteroatoms. The van der Waals surface area contributed by atoms with Gasteiger partial charge in [0.1, 0.15) is 9.52 Å². The van der Waals surface area contributed by atoms with Gasteiger partial charge in [-0.1, -0.05) is 6.07 Å². The molecule has 2 heterocycles. The van der Waals surface area contributed by atoms with Crippen LogP contribution in [0.3, 0.4) is 0 Å². The summed E-state index contributed by atoms with van der Waals surface area (Å²) in [6.45, 7) is 1.07. The number of hydrogen-bond donors (Lipinski definition) is 1. The second-order valence-corrected chi connectivity index (χ2v) is 4.13. The molecule has 0 saturated carbocycles. The van der Waals surface area contributed by atoms with E-state index in [0.29, 0.717) is 0 Å². The minimum Gasteiger partial charge on any atom is -0.370 e. The summed E-state index contributed by atoms with van der Waals surface area (Å²) in [5, 5.41) is 3.35. The summed E-state index contributed by atoms with van der Waals surface area (Å²) in [5.41, 5.74) is 1.37. The van der Waals surface area contributed by atoms with Crippen LogP contribution in [-0.4, -0.2) is 11.5 Å². The number of nitrogens with one attached hydrogen (secondary N) is 1. The van der Waals surface area contributed by atoms with Gasteiger partial charge in [0.15, 0.2) is 0 Å². The lowest BCUT2D eigenvalue weighted by Crippen LogP contribution is -2.02.